The number of Topliss-reactive ketones (excluding diaryl/α,β-unsaturated/α-hetero) is 1. The summed E-state index contributed by atoms with van der Waals surface area (Å²) in [6.07, 6.45) is 6.68. The summed E-state index contributed by atoms with van der Waals surface area (Å²) >= 11 is 0. The topological polar surface area (TPSA) is 49.3 Å². The molecule has 2 atom stereocenters. The van der Waals surface area contributed by atoms with Gasteiger partial charge in [-0.25, -0.2) is 0 Å². The third kappa shape index (κ3) is 2.48. The number of fused-ring (bicyclic) bond motifs is 1. The van der Waals surface area contributed by atoms with Crippen LogP contribution < -0.4 is 5.32 Å². The molecule has 2 N–H and O–H groups in total. The van der Waals surface area contributed by atoms with Gasteiger partial charge in [-0.15, -0.1) is 0 Å². The van der Waals surface area contributed by atoms with E-state index in [4.69, 9.17) is 0 Å². The van der Waals surface area contributed by atoms with E-state index in [0.29, 0.717) is 6.42 Å². The van der Waals surface area contributed by atoms with Crippen molar-refractivity contribution in [3.63, 3.8) is 0 Å². The van der Waals surface area contributed by atoms with E-state index in [1.54, 1.807) is 0 Å². The van der Waals surface area contributed by atoms with Crippen molar-refractivity contribution in [2.45, 2.75) is 63.5 Å². The highest BCUT2D eigenvalue weighted by Crippen LogP contribution is 2.47. The number of para-hydroxylation sites is 1. The van der Waals surface area contributed by atoms with Gasteiger partial charge in [0.1, 0.15) is 0 Å². The molecule has 3 nitrogen and oxygen atoms in total. The molecular weight excluding hydrogens is 262 g/mol. The monoisotopic (exact) mass is 287 g/mol. The number of aliphatic hydroxyl groups is 1. The summed E-state index contributed by atoms with van der Waals surface area (Å²) in [5.74, 6) is 0.101. The second-order valence-electron chi connectivity index (χ2n) is 6.55. The fraction of sp³-hybridized carbons (Fsp3) is 0.611. The third-order valence-corrected chi connectivity index (χ3v) is 5.16. The maximum atomic E-state index is 12.8. The van der Waals surface area contributed by atoms with E-state index in [0.717, 1.165) is 49.8 Å². The zero-order chi connectivity index (χ0) is 14.9. The highest BCUT2D eigenvalue weighted by atomic mass is 16.3. The summed E-state index contributed by atoms with van der Waals surface area (Å²) in [6.45, 7) is 2.16. The smallest absolute Gasteiger partial charge is 0.171 e. The normalized spacial score (nSPS) is 29.2. The van der Waals surface area contributed by atoms with Gasteiger partial charge in [-0.05, 0) is 31.2 Å². The van der Waals surface area contributed by atoms with Crippen LogP contribution >= 0.6 is 0 Å². The molecule has 1 aromatic carbocycles. The van der Waals surface area contributed by atoms with E-state index in [9.17, 15) is 9.90 Å². The number of anilines is 1. The number of rotatable bonds is 4. The van der Waals surface area contributed by atoms with Gasteiger partial charge in [0.25, 0.3) is 0 Å². The Kier molecular flexibility index (Phi) is 4.03. The second kappa shape index (κ2) is 5.80. The molecule has 0 saturated heterocycles. The van der Waals surface area contributed by atoms with E-state index < -0.39 is 5.60 Å². The molecule has 3 heteroatoms. The van der Waals surface area contributed by atoms with Crippen molar-refractivity contribution >= 4 is 11.5 Å². The lowest BCUT2D eigenvalue weighted by Gasteiger charge is -2.40. The van der Waals surface area contributed by atoms with Crippen LogP contribution in [0.1, 0.15) is 57.4 Å². The molecule has 3 rings (SSSR count). The molecule has 0 bridgehead atoms. The molecule has 2 aliphatic rings. The number of nitrogens with one attached hydrogen (secondary N) is 1. The Morgan fingerprint density at radius 1 is 1.33 bits per heavy atom. The summed E-state index contributed by atoms with van der Waals surface area (Å²) in [5, 5.41) is 14.7. The summed E-state index contributed by atoms with van der Waals surface area (Å²) in [5.41, 5.74) is 0.459. The van der Waals surface area contributed by atoms with Gasteiger partial charge in [0.05, 0.1) is 0 Å². The van der Waals surface area contributed by atoms with Crippen LogP contribution in [-0.2, 0) is 10.4 Å². The molecule has 114 valence electrons. The first-order chi connectivity index (χ1) is 10.2. The first-order valence-electron chi connectivity index (χ1n) is 8.28. The van der Waals surface area contributed by atoms with Gasteiger partial charge >= 0.3 is 0 Å². The van der Waals surface area contributed by atoms with E-state index in [1.807, 2.05) is 24.3 Å². The first-order valence-corrected chi connectivity index (χ1v) is 8.28. The van der Waals surface area contributed by atoms with Crippen molar-refractivity contribution in [1.82, 2.24) is 0 Å². The number of carbonyl (C=O) groups excluding carboxylic acids is 1. The Labute approximate surface area is 126 Å². The maximum absolute atomic E-state index is 12.8. The average molecular weight is 287 g/mol. The molecule has 2 unspecified atom stereocenters. The first kappa shape index (κ1) is 14.6. The van der Waals surface area contributed by atoms with Crippen molar-refractivity contribution in [3.05, 3.63) is 29.8 Å². The molecule has 1 aliphatic heterocycles. The molecule has 0 aromatic heterocycles. The summed E-state index contributed by atoms with van der Waals surface area (Å²) in [7, 11) is 0. The summed E-state index contributed by atoms with van der Waals surface area (Å²) in [4.78, 5) is 12.8. The number of hydrogen-bond acceptors (Lipinski definition) is 3. The number of carbonyl (C=O) groups is 1. The van der Waals surface area contributed by atoms with Crippen LogP contribution in [0.15, 0.2) is 24.3 Å². The molecule has 1 fully saturated rings. The van der Waals surface area contributed by atoms with Crippen LogP contribution in [0.25, 0.3) is 0 Å². The van der Waals surface area contributed by atoms with E-state index in [2.05, 4.69) is 12.2 Å². The molecule has 1 aliphatic carbocycles. The Bertz CT molecular complexity index is 524. The van der Waals surface area contributed by atoms with Crippen LogP contribution in [0.2, 0.25) is 0 Å². The van der Waals surface area contributed by atoms with Gasteiger partial charge in [0.2, 0.25) is 0 Å². The molecule has 1 heterocycles. The van der Waals surface area contributed by atoms with Crippen LogP contribution in [-0.4, -0.2) is 16.9 Å². The molecule has 1 aromatic rings. The maximum Gasteiger partial charge on any atom is 0.171 e. The Morgan fingerprint density at radius 2 is 2.10 bits per heavy atom. The van der Waals surface area contributed by atoms with Crippen molar-refractivity contribution < 1.29 is 9.90 Å². The van der Waals surface area contributed by atoms with Crippen LogP contribution in [0.5, 0.6) is 0 Å². The van der Waals surface area contributed by atoms with Gasteiger partial charge in [0, 0.05) is 23.7 Å². The van der Waals surface area contributed by atoms with Gasteiger partial charge in [-0.3, -0.25) is 4.79 Å². The Balaban J connectivity index is 1.97. The van der Waals surface area contributed by atoms with Crippen molar-refractivity contribution in [2.75, 3.05) is 5.32 Å². The van der Waals surface area contributed by atoms with Crippen LogP contribution in [0, 0.1) is 5.92 Å². The zero-order valence-corrected chi connectivity index (χ0v) is 12.8. The van der Waals surface area contributed by atoms with Crippen molar-refractivity contribution in [1.29, 1.82) is 0 Å². The van der Waals surface area contributed by atoms with E-state index in [-0.39, 0.29) is 17.7 Å². The quantitative estimate of drug-likeness (QED) is 0.889. The van der Waals surface area contributed by atoms with Gasteiger partial charge in [-0.2, -0.15) is 0 Å². The van der Waals surface area contributed by atoms with Gasteiger partial charge in [-0.1, -0.05) is 44.4 Å². The predicted octanol–water partition coefficient (Wildman–Crippen LogP) is 3.62. The van der Waals surface area contributed by atoms with Crippen LogP contribution in [0.3, 0.4) is 0 Å². The van der Waals surface area contributed by atoms with Crippen molar-refractivity contribution in [2.24, 2.45) is 5.92 Å². The fourth-order valence-electron chi connectivity index (χ4n) is 3.64. The Hall–Kier alpha value is -1.35. The number of hydrogen-bond donors (Lipinski definition) is 2. The molecule has 1 saturated carbocycles. The minimum Gasteiger partial charge on any atom is -0.382 e. The average Bonchev–Trinajstić information content (AvgIpc) is 2.52. The molecule has 0 amide bonds. The largest absolute Gasteiger partial charge is 0.382 e. The number of benzene rings is 1. The van der Waals surface area contributed by atoms with Gasteiger partial charge < -0.3 is 10.4 Å². The number of ketones is 1. The summed E-state index contributed by atoms with van der Waals surface area (Å²) < 4.78 is 0. The highest BCUT2D eigenvalue weighted by Gasteiger charge is 2.50. The van der Waals surface area contributed by atoms with Crippen molar-refractivity contribution in [3.8, 4) is 0 Å². The zero-order valence-electron chi connectivity index (χ0n) is 12.8. The molecule has 0 spiro atoms. The lowest BCUT2D eigenvalue weighted by molar-refractivity contribution is -0.149. The van der Waals surface area contributed by atoms with E-state index >= 15 is 0 Å². The second-order valence-corrected chi connectivity index (χ2v) is 6.55. The lowest BCUT2D eigenvalue weighted by Crippen LogP contribution is -2.46. The number of unbranched alkanes of at least 4 members (excludes halogenated alkanes) is 1. The highest BCUT2D eigenvalue weighted by molar-refractivity contribution is 5.92. The minimum atomic E-state index is -1.27. The Morgan fingerprint density at radius 3 is 2.76 bits per heavy atom. The standard InChI is InChI=1S/C18H25NO2/c1-2-3-9-14-12-17(20)18(21,13-7-6-8-13)15-10-4-5-11-16(15)19-14/h4-5,10-11,13-14,19,21H,2-3,6-9,12H2,1H3. The molecule has 0 radical (unpaired) electrons. The van der Waals surface area contributed by atoms with E-state index in [1.165, 1.54) is 0 Å². The predicted molar refractivity (Wildman–Crippen MR) is 84.2 cm³/mol. The van der Waals surface area contributed by atoms with Crippen LogP contribution in [0.4, 0.5) is 5.69 Å². The molecular formula is C18H25NO2. The SMILES string of the molecule is CCCCC1CC(=O)C(O)(C2CCC2)c2ccccc2N1. The van der Waals surface area contributed by atoms with Gasteiger partial charge in [0.15, 0.2) is 11.4 Å². The molecule has 21 heavy (non-hydrogen) atoms. The fourth-order valence-corrected chi connectivity index (χ4v) is 3.64. The minimum absolute atomic E-state index is 0.00533. The lowest BCUT2D eigenvalue weighted by atomic mass is 9.67. The summed E-state index contributed by atoms with van der Waals surface area (Å²) in [6, 6.07) is 7.95. The third-order valence-electron chi connectivity index (χ3n) is 5.16.